The van der Waals surface area contributed by atoms with Crippen molar-refractivity contribution in [2.75, 3.05) is 0 Å². The molecule has 0 bridgehead atoms. The number of carboxylic acids is 1. The van der Waals surface area contributed by atoms with Crippen LogP contribution in [0.3, 0.4) is 0 Å². The molecule has 0 N–H and O–H groups in total. The molecule has 0 fully saturated rings. The second-order valence-electron chi connectivity index (χ2n) is 5.55. The van der Waals surface area contributed by atoms with Crippen molar-refractivity contribution in [1.82, 2.24) is 0 Å². The Morgan fingerprint density at radius 2 is 1.43 bits per heavy atom. The van der Waals surface area contributed by atoms with Gasteiger partial charge in [-0.3, -0.25) is 4.79 Å². The minimum atomic E-state index is -1.38. The Bertz CT molecular complexity index is 281. The summed E-state index contributed by atoms with van der Waals surface area (Å²) in [4.78, 5) is 21.9. The van der Waals surface area contributed by atoms with Gasteiger partial charge in [-0.2, -0.15) is 0 Å². The smallest absolute Gasteiger partial charge is 0.549 e. The van der Waals surface area contributed by atoms with E-state index in [1.165, 1.54) is 45.4 Å². The fourth-order valence-electron chi connectivity index (χ4n) is 2.02. The number of carbonyl (C=O) groups excluding carboxylic acids is 2. The SMILES string of the molecule is CCCCCCCCCCC(C)OC(=O)C(C)C(=O)[O-].[Na+]. The van der Waals surface area contributed by atoms with Crippen LogP contribution in [-0.4, -0.2) is 18.0 Å². The predicted octanol–water partition coefficient (Wildman–Crippen LogP) is -0.161. The first kappa shape index (κ1) is 23.2. The molecule has 0 rings (SSSR count). The standard InChI is InChI=1S/C16H30O4.Na/c1-4-5-6-7-8-9-10-11-12-13(2)20-16(19)14(3)15(17)18;/h13-14H,4-12H2,1-3H3,(H,17,18);/q;+1/p-1. The molecule has 0 aliphatic heterocycles. The number of hydrogen-bond donors (Lipinski definition) is 0. The number of hydrogen-bond acceptors (Lipinski definition) is 4. The van der Waals surface area contributed by atoms with Crippen LogP contribution in [0.5, 0.6) is 0 Å². The Morgan fingerprint density at radius 1 is 0.952 bits per heavy atom. The Hall–Kier alpha value is -0.0600. The van der Waals surface area contributed by atoms with E-state index in [0.29, 0.717) is 0 Å². The maximum absolute atomic E-state index is 11.4. The molecule has 0 saturated carbocycles. The van der Waals surface area contributed by atoms with E-state index in [9.17, 15) is 14.7 Å². The Kier molecular flexibility index (Phi) is 16.4. The van der Waals surface area contributed by atoms with Crippen LogP contribution >= 0.6 is 0 Å². The Labute approximate surface area is 151 Å². The molecule has 0 saturated heterocycles. The Balaban J connectivity index is 0. The van der Waals surface area contributed by atoms with Crippen LogP contribution < -0.4 is 34.7 Å². The zero-order valence-corrected chi connectivity index (χ0v) is 16.2. The van der Waals surface area contributed by atoms with Crippen molar-refractivity contribution in [3.05, 3.63) is 0 Å². The first-order valence-electron chi connectivity index (χ1n) is 7.90. The summed E-state index contributed by atoms with van der Waals surface area (Å²) in [6, 6.07) is 0. The van der Waals surface area contributed by atoms with Crippen LogP contribution in [0.15, 0.2) is 0 Å². The molecule has 0 spiro atoms. The molecule has 2 unspecified atom stereocenters. The average molecular weight is 308 g/mol. The first-order chi connectivity index (χ1) is 9.49. The van der Waals surface area contributed by atoms with Crippen LogP contribution in [0.2, 0.25) is 0 Å². The van der Waals surface area contributed by atoms with Gasteiger partial charge in [0.25, 0.3) is 0 Å². The number of carboxylic acid groups (broad SMARTS) is 1. The van der Waals surface area contributed by atoms with Crippen molar-refractivity contribution in [2.45, 2.75) is 84.7 Å². The number of rotatable bonds is 12. The molecule has 0 aromatic heterocycles. The van der Waals surface area contributed by atoms with Gasteiger partial charge in [0.05, 0.1) is 18.0 Å². The summed E-state index contributed by atoms with van der Waals surface area (Å²) in [7, 11) is 0. The van der Waals surface area contributed by atoms with E-state index in [0.717, 1.165) is 19.3 Å². The number of unbranched alkanes of at least 4 members (excludes halogenated alkanes) is 7. The summed E-state index contributed by atoms with van der Waals surface area (Å²) in [5.41, 5.74) is 0. The third-order valence-electron chi connectivity index (χ3n) is 3.49. The van der Waals surface area contributed by atoms with Gasteiger partial charge in [-0.15, -0.1) is 0 Å². The van der Waals surface area contributed by atoms with Gasteiger partial charge < -0.3 is 14.6 Å². The van der Waals surface area contributed by atoms with Crippen LogP contribution in [0, 0.1) is 5.92 Å². The summed E-state index contributed by atoms with van der Waals surface area (Å²) >= 11 is 0. The van der Waals surface area contributed by atoms with Crippen molar-refractivity contribution in [2.24, 2.45) is 5.92 Å². The van der Waals surface area contributed by atoms with Crippen LogP contribution in [0.25, 0.3) is 0 Å². The maximum atomic E-state index is 11.4. The van der Waals surface area contributed by atoms with E-state index in [2.05, 4.69) is 6.92 Å². The molecule has 0 aliphatic carbocycles. The molecule has 0 aliphatic rings. The van der Waals surface area contributed by atoms with Gasteiger partial charge in [0.1, 0.15) is 0 Å². The fraction of sp³-hybridized carbons (Fsp3) is 0.875. The van der Waals surface area contributed by atoms with Crippen molar-refractivity contribution < 1.29 is 49.0 Å². The van der Waals surface area contributed by atoms with E-state index in [1.54, 1.807) is 6.92 Å². The van der Waals surface area contributed by atoms with Gasteiger partial charge in [0, 0.05) is 0 Å². The summed E-state index contributed by atoms with van der Waals surface area (Å²) in [5.74, 6) is -3.26. The minimum Gasteiger partial charge on any atom is -0.549 e. The van der Waals surface area contributed by atoms with Crippen LogP contribution in [0.1, 0.15) is 78.6 Å². The number of carbonyl (C=O) groups is 2. The molecule has 4 nitrogen and oxygen atoms in total. The zero-order valence-electron chi connectivity index (χ0n) is 14.2. The van der Waals surface area contributed by atoms with Gasteiger partial charge in [0.15, 0.2) is 0 Å². The number of aliphatic carboxylic acids is 1. The van der Waals surface area contributed by atoms with E-state index in [-0.39, 0.29) is 35.7 Å². The third-order valence-corrected chi connectivity index (χ3v) is 3.49. The molecule has 0 aromatic rings. The summed E-state index contributed by atoms with van der Waals surface area (Å²) in [6.07, 6.45) is 10.5. The largest absolute Gasteiger partial charge is 1.00 e. The van der Waals surface area contributed by atoms with Gasteiger partial charge in [-0.1, -0.05) is 51.9 Å². The van der Waals surface area contributed by atoms with Crippen molar-refractivity contribution >= 4 is 11.9 Å². The topological polar surface area (TPSA) is 66.4 Å². The molecule has 21 heavy (non-hydrogen) atoms. The molecular formula is C16H29NaO4. The van der Waals surface area contributed by atoms with Gasteiger partial charge in [0.2, 0.25) is 0 Å². The molecule has 0 heterocycles. The minimum absolute atomic E-state index is 0. The van der Waals surface area contributed by atoms with E-state index in [1.807, 2.05) is 0 Å². The third kappa shape index (κ3) is 13.3. The molecule has 5 heteroatoms. The van der Waals surface area contributed by atoms with Gasteiger partial charge >= 0.3 is 35.5 Å². The number of ether oxygens (including phenoxy) is 1. The normalized spacial score (nSPS) is 13.1. The summed E-state index contributed by atoms with van der Waals surface area (Å²) < 4.78 is 5.07. The van der Waals surface area contributed by atoms with Crippen molar-refractivity contribution in [3.8, 4) is 0 Å². The van der Waals surface area contributed by atoms with E-state index >= 15 is 0 Å². The monoisotopic (exact) mass is 308 g/mol. The van der Waals surface area contributed by atoms with Gasteiger partial charge in [-0.25, -0.2) is 0 Å². The van der Waals surface area contributed by atoms with Crippen LogP contribution in [-0.2, 0) is 14.3 Å². The molecule has 2 atom stereocenters. The van der Waals surface area contributed by atoms with E-state index in [4.69, 9.17) is 4.74 Å². The maximum Gasteiger partial charge on any atom is 1.00 e. The average Bonchev–Trinajstić information content (AvgIpc) is 2.40. The molecule has 0 aromatic carbocycles. The fourth-order valence-corrected chi connectivity index (χ4v) is 2.02. The molecular weight excluding hydrogens is 279 g/mol. The second-order valence-corrected chi connectivity index (χ2v) is 5.55. The van der Waals surface area contributed by atoms with Crippen molar-refractivity contribution in [3.63, 3.8) is 0 Å². The van der Waals surface area contributed by atoms with Crippen LogP contribution in [0.4, 0.5) is 0 Å². The molecule has 118 valence electrons. The Morgan fingerprint density at radius 3 is 1.90 bits per heavy atom. The molecule has 0 amide bonds. The van der Waals surface area contributed by atoms with E-state index < -0.39 is 17.9 Å². The first-order valence-corrected chi connectivity index (χ1v) is 7.90. The molecule has 0 radical (unpaired) electrons. The summed E-state index contributed by atoms with van der Waals surface area (Å²) in [6.45, 7) is 5.31. The number of esters is 1. The second kappa shape index (κ2) is 14.9. The predicted molar refractivity (Wildman–Crippen MR) is 77.0 cm³/mol. The van der Waals surface area contributed by atoms with Gasteiger partial charge in [-0.05, 0) is 26.7 Å². The van der Waals surface area contributed by atoms with Crippen molar-refractivity contribution in [1.29, 1.82) is 0 Å². The quantitative estimate of drug-likeness (QED) is 0.217. The summed E-state index contributed by atoms with van der Waals surface area (Å²) in [5, 5.41) is 10.5. The zero-order chi connectivity index (χ0) is 15.4.